The number of benzene rings is 1. The largest absolute Gasteiger partial charge is 0.486 e. The Hall–Kier alpha value is -1.51. The lowest BCUT2D eigenvalue weighted by atomic mass is 10.1. The maximum atomic E-state index is 12.5. The van der Waals surface area contributed by atoms with Crippen LogP contribution in [0.2, 0.25) is 0 Å². The van der Waals surface area contributed by atoms with Gasteiger partial charge in [0.2, 0.25) is 5.91 Å². The fourth-order valence-corrected chi connectivity index (χ4v) is 4.37. The molecule has 1 fully saturated rings. The van der Waals surface area contributed by atoms with Gasteiger partial charge in [0.05, 0.1) is 10.6 Å². The van der Waals surface area contributed by atoms with Gasteiger partial charge >= 0.3 is 0 Å². The van der Waals surface area contributed by atoms with Crippen molar-refractivity contribution in [2.24, 2.45) is 0 Å². The van der Waals surface area contributed by atoms with Crippen molar-refractivity contribution in [2.45, 2.75) is 30.2 Å². The summed E-state index contributed by atoms with van der Waals surface area (Å²) in [6.45, 7) is 2.21. The zero-order valence-electron chi connectivity index (χ0n) is 14.8. The van der Waals surface area contributed by atoms with Gasteiger partial charge in [-0.05, 0) is 32.0 Å². The topological polar surface area (TPSA) is 84.9 Å². The number of sulfone groups is 1. The van der Waals surface area contributed by atoms with Crippen LogP contribution in [-0.2, 0) is 14.6 Å². The number of piperidine rings is 1. The highest BCUT2D eigenvalue weighted by Gasteiger charge is 2.25. The standard InChI is InChI=1S/C17H24N2O5S.ClH/c1-18-13-4-7-19(8-5-13)17(20)6-11-25(21,22)14-2-3-15-16(12-14)24-10-9-23-15;/h2-3,12-13,18H,4-11H2,1H3;1H. The van der Waals surface area contributed by atoms with Crippen LogP contribution >= 0.6 is 12.4 Å². The second kappa shape index (κ2) is 8.92. The molecule has 0 unspecified atom stereocenters. The highest BCUT2D eigenvalue weighted by atomic mass is 35.5. The molecule has 2 heterocycles. The fourth-order valence-electron chi connectivity index (χ4n) is 3.13. The maximum Gasteiger partial charge on any atom is 0.223 e. The summed E-state index contributed by atoms with van der Waals surface area (Å²) in [5.74, 6) is 0.689. The molecule has 1 aromatic rings. The van der Waals surface area contributed by atoms with Crippen molar-refractivity contribution < 1.29 is 22.7 Å². The summed E-state index contributed by atoms with van der Waals surface area (Å²) in [6, 6.07) is 5.02. The molecule has 2 aliphatic rings. The number of amides is 1. The first-order chi connectivity index (χ1) is 12.0. The van der Waals surface area contributed by atoms with E-state index < -0.39 is 9.84 Å². The van der Waals surface area contributed by atoms with Crippen LogP contribution in [0.15, 0.2) is 23.1 Å². The third-order valence-corrected chi connectivity index (χ3v) is 6.43. The number of ether oxygens (including phenoxy) is 2. The molecule has 1 N–H and O–H groups in total. The van der Waals surface area contributed by atoms with Gasteiger partial charge in [0.1, 0.15) is 13.2 Å². The van der Waals surface area contributed by atoms with E-state index in [4.69, 9.17) is 9.47 Å². The molecule has 26 heavy (non-hydrogen) atoms. The minimum atomic E-state index is -3.54. The highest BCUT2D eigenvalue weighted by molar-refractivity contribution is 7.91. The maximum absolute atomic E-state index is 12.5. The zero-order chi connectivity index (χ0) is 17.9. The van der Waals surface area contributed by atoms with Gasteiger partial charge in [-0.15, -0.1) is 12.4 Å². The molecule has 0 bridgehead atoms. The highest BCUT2D eigenvalue weighted by Crippen LogP contribution is 2.32. The van der Waals surface area contributed by atoms with Crippen LogP contribution in [0.1, 0.15) is 19.3 Å². The molecular weight excluding hydrogens is 380 g/mol. The minimum absolute atomic E-state index is 0. The quantitative estimate of drug-likeness (QED) is 0.795. The van der Waals surface area contributed by atoms with Crippen molar-refractivity contribution in [3.8, 4) is 11.5 Å². The molecule has 7 nitrogen and oxygen atoms in total. The third-order valence-electron chi connectivity index (χ3n) is 4.71. The second-order valence-corrected chi connectivity index (χ2v) is 8.43. The van der Waals surface area contributed by atoms with E-state index >= 15 is 0 Å². The van der Waals surface area contributed by atoms with Crippen LogP contribution in [-0.4, -0.2) is 64.4 Å². The summed E-state index contributed by atoms with van der Waals surface area (Å²) >= 11 is 0. The zero-order valence-corrected chi connectivity index (χ0v) is 16.4. The van der Waals surface area contributed by atoms with Crippen LogP contribution in [0.3, 0.4) is 0 Å². The lowest BCUT2D eigenvalue weighted by Gasteiger charge is -2.31. The van der Waals surface area contributed by atoms with Gasteiger partial charge in [0.25, 0.3) is 0 Å². The monoisotopic (exact) mass is 404 g/mol. The molecule has 1 amide bonds. The molecule has 9 heteroatoms. The van der Waals surface area contributed by atoms with E-state index in [0.717, 1.165) is 12.8 Å². The predicted molar refractivity (Wildman–Crippen MR) is 100 cm³/mol. The predicted octanol–water partition coefficient (Wildman–Crippen LogP) is 1.25. The number of carbonyl (C=O) groups is 1. The summed E-state index contributed by atoms with van der Waals surface area (Å²) in [7, 11) is -1.62. The number of nitrogens with one attached hydrogen (secondary N) is 1. The molecule has 0 aliphatic carbocycles. The molecular formula is C17H25ClN2O5S. The molecule has 0 aromatic heterocycles. The van der Waals surface area contributed by atoms with Crippen molar-refractivity contribution >= 4 is 28.2 Å². The van der Waals surface area contributed by atoms with Crippen molar-refractivity contribution in [1.82, 2.24) is 10.2 Å². The Kier molecular flexibility index (Phi) is 7.14. The second-order valence-electron chi connectivity index (χ2n) is 6.32. The summed E-state index contributed by atoms with van der Waals surface area (Å²) in [4.78, 5) is 14.2. The smallest absolute Gasteiger partial charge is 0.223 e. The lowest BCUT2D eigenvalue weighted by molar-refractivity contribution is -0.131. The van der Waals surface area contributed by atoms with Gasteiger partial charge in [-0.2, -0.15) is 0 Å². The number of fused-ring (bicyclic) bond motifs is 1. The molecule has 0 atom stereocenters. The Balaban J connectivity index is 0.00000243. The number of nitrogens with zero attached hydrogens (tertiary/aromatic N) is 1. The normalized spacial score (nSPS) is 17.5. The molecule has 1 saturated heterocycles. The molecule has 3 rings (SSSR count). The van der Waals surface area contributed by atoms with E-state index in [0.29, 0.717) is 43.8 Å². The Morgan fingerprint density at radius 2 is 1.85 bits per heavy atom. The molecule has 146 valence electrons. The number of carbonyl (C=O) groups excluding carboxylic acids is 1. The number of hydrogen-bond acceptors (Lipinski definition) is 6. The van der Waals surface area contributed by atoms with Gasteiger partial charge < -0.3 is 19.7 Å². The number of likely N-dealkylation sites (tertiary alicyclic amines) is 1. The Morgan fingerprint density at radius 1 is 1.19 bits per heavy atom. The first kappa shape index (κ1) is 20.8. The van der Waals surface area contributed by atoms with E-state index in [-0.39, 0.29) is 35.4 Å². The molecule has 0 spiro atoms. The fraction of sp³-hybridized carbons (Fsp3) is 0.588. The van der Waals surface area contributed by atoms with Crippen molar-refractivity contribution in [2.75, 3.05) is 39.1 Å². The summed E-state index contributed by atoms with van der Waals surface area (Å²) in [5, 5.41) is 3.21. The van der Waals surface area contributed by atoms with E-state index in [9.17, 15) is 13.2 Å². The lowest BCUT2D eigenvalue weighted by Crippen LogP contribution is -2.44. The number of halogens is 1. The van der Waals surface area contributed by atoms with Crippen LogP contribution in [0, 0.1) is 0 Å². The first-order valence-corrected chi connectivity index (χ1v) is 10.2. The van der Waals surface area contributed by atoms with E-state index in [1.807, 2.05) is 7.05 Å². The van der Waals surface area contributed by atoms with Crippen molar-refractivity contribution in [1.29, 1.82) is 0 Å². The molecule has 1 aromatic carbocycles. The Labute approximate surface area is 160 Å². The Morgan fingerprint density at radius 3 is 2.50 bits per heavy atom. The first-order valence-electron chi connectivity index (χ1n) is 8.57. The molecule has 0 radical (unpaired) electrons. The van der Waals surface area contributed by atoms with Gasteiger partial charge in [-0.1, -0.05) is 0 Å². The van der Waals surface area contributed by atoms with E-state index in [2.05, 4.69) is 5.32 Å². The molecule has 0 saturated carbocycles. The van der Waals surface area contributed by atoms with Crippen LogP contribution < -0.4 is 14.8 Å². The molecule has 2 aliphatic heterocycles. The minimum Gasteiger partial charge on any atom is -0.486 e. The summed E-state index contributed by atoms with van der Waals surface area (Å²) < 4.78 is 35.9. The average Bonchev–Trinajstić information content (AvgIpc) is 2.66. The van der Waals surface area contributed by atoms with Crippen molar-refractivity contribution in [3.63, 3.8) is 0 Å². The van der Waals surface area contributed by atoms with Gasteiger partial charge in [0.15, 0.2) is 21.3 Å². The van der Waals surface area contributed by atoms with E-state index in [1.165, 1.54) is 12.1 Å². The Bertz CT molecular complexity index is 733. The third kappa shape index (κ3) is 4.81. The van der Waals surface area contributed by atoms with Crippen LogP contribution in [0.4, 0.5) is 0 Å². The number of rotatable bonds is 5. The van der Waals surface area contributed by atoms with Crippen LogP contribution in [0.25, 0.3) is 0 Å². The summed E-state index contributed by atoms with van der Waals surface area (Å²) in [5.41, 5.74) is 0. The average molecular weight is 405 g/mol. The SMILES string of the molecule is CNC1CCN(C(=O)CCS(=O)(=O)c2ccc3c(c2)OCCO3)CC1.Cl. The number of hydrogen-bond donors (Lipinski definition) is 1. The summed E-state index contributed by atoms with van der Waals surface area (Å²) in [6.07, 6.45) is 1.80. The van der Waals surface area contributed by atoms with Gasteiger partial charge in [-0.25, -0.2) is 8.42 Å². The van der Waals surface area contributed by atoms with Crippen molar-refractivity contribution in [3.05, 3.63) is 18.2 Å². The van der Waals surface area contributed by atoms with Crippen LogP contribution in [0.5, 0.6) is 11.5 Å². The van der Waals surface area contributed by atoms with Gasteiger partial charge in [0, 0.05) is 31.6 Å². The van der Waals surface area contributed by atoms with Gasteiger partial charge in [-0.3, -0.25) is 4.79 Å². The van der Waals surface area contributed by atoms with E-state index in [1.54, 1.807) is 11.0 Å².